The van der Waals surface area contributed by atoms with Gasteiger partial charge in [0.25, 0.3) is 0 Å². The van der Waals surface area contributed by atoms with Crippen LogP contribution in [0.25, 0.3) is 0 Å². The molecular weight excluding hydrogens is 216 g/mol. The Morgan fingerprint density at radius 2 is 2.17 bits per heavy atom. The van der Waals surface area contributed by atoms with Gasteiger partial charge in [0.2, 0.25) is 0 Å². The molecule has 0 aliphatic rings. The Bertz CT molecular complexity index is 294. The summed E-state index contributed by atoms with van der Waals surface area (Å²) in [5, 5.41) is 0. The van der Waals surface area contributed by atoms with E-state index in [1.54, 1.807) is 6.92 Å². The van der Waals surface area contributed by atoms with Crippen LogP contribution in [0.4, 0.5) is 0 Å². The van der Waals surface area contributed by atoms with Crippen molar-refractivity contribution in [3.05, 3.63) is 35.4 Å². The van der Waals surface area contributed by atoms with Crippen molar-refractivity contribution in [3.63, 3.8) is 0 Å². The molecule has 0 aliphatic heterocycles. The molecule has 0 saturated heterocycles. The van der Waals surface area contributed by atoms with E-state index in [-0.39, 0.29) is 10.6 Å². The second-order valence-corrected chi connectivity index (χ2v) is 3.80. The number of aryl methyl sites for hydroxylation is 1. The van der Waals surface area contributed by atoms with Gasteiger partial charge in [0.05, 0.1) is 4.83 Å². The third-order valence-corrected chi connectivity index (χ3v) is 2.87. The Kier molecular flexibility index (Phi) is 3.04. The summed E-state index contributed by atoms with van der Waals surface area (Å²) >= 11 is 3.33. The highest BCUT2D eigenvalue weighted by molar-refractivity contribution is 9.09. The summed E-state index contributed by atoms with van der Waals surface area (Å²) in [6.45, 7) is 3.60. The lowest BCUT2D eigenvalue weighted by atomic mass is 10.1. The first-order valence-corrected chi connectivity index (χ1v) is 4.74. The molecule has 1 aromatic carbocycles. The largest absolute Gasteiger partial charge is 0.298 e. The number of ketones is 1. The third kappa shape index (κ3) is 2.18. The van der Waals surface area contributed by atoms with Gasteiger partial charge in [-0.3, -0.25) is 4.79 Å². The van der Waals surface area contributed by atoms with Crippen molar-refractivity contribution >= 4 is 21.7 Å². The maximum atomic E-state index is 11.0. The SMILES string of the molecule is CC(=O)C(Br)c1cccc(C)c1. The lowest BCUT2D eigenvalue weighted by Gasteiger charge is -2.06. The van der Waals surface area contributed by atoms with Gasteiger partial charge in [0.1, 0.15) is 5.78 Å². The van der Waals surface area contributed by atoms with Crippen LogP contribution >= 0.6 is 15.9 Å². The van der Waals surface area contributed by atoms with Crippen molar-refractivity contribution < 1.29 is 4.79 Å². The zero-order valence-corrected chi connectivity index (χ0v) is 8.76. The monoisotopic (exact) mass is 226 g/mol. The smallest absolute Gasteiger partial charge is 0.147 e. The molecule has 0 saturated carbocycles. The molecule has 12 heavy (non-hydrogen) atoms. The van der Waals surface area contributed by atoms with E-state index in [9.17, 15) is 4.79 Å². The summed E-state index contributed by atoms with van der Waals surface area (Å²) in [6, 6.07) is 7.94. The van der Waals surface area contributed by atoms with Gasteiger partial charge in [0.15, 0.2) is 0 Å². The predicted molar refractivity (Wildman–Crippen MR) is 53.5 cm³/mol. The number of halogens is 1. The van der Waals surface area contributed by atoms with Gasteiger partial charge < -0.3 is 0 Å². The molecule has 1 aromatic rings. The van der Waals surface area contributed by atoms with Crippen LogP contribution in [0.3, 0.4) is 0 Å². The molecule has 1 rings (SSSR count). The zero-order valence-electron chi connectivity index (χ0n) is 7.17. The summed E-state index contributed by atoms with van der Waals surface area (Å²) < 4.78 is 0. The molecule has 0 amide bonds. The van der Waals surface area contributed by atoms with Crippen molar-refractivity contribution in [1.82, 2.24) is 0 Å². The van der Waals surface area contributed by atoms with E-state index < -0.39 is 0 Å². The molecule has 0 fully saturated rings. The second-order valence-electron chi connectivity index (χ2n) is 2.89. The molecule has 1 nitrogen and oxygen atoms in total. The van der Waals surface area contributed by atoms with Crippen molar-refractivity contribution in [2.75, 3.05) is 0 Å². The predicted octanol–water partition coefficient (Wildman–Crippen LogP) is 3.02. The average molecular weight is 227 g/mol. The molecule has 0 aliphatic carbocycles. The van der Waals surface area contributed by atoms with E-state index >= 15 is 0 Å². The molecule has 0 aromatic heterocycles. The fourth-order valence-corrected chi connectivity index (χ4v) is 1.35. The molecule has 0 heterocycles. The number of hydrogen-bond donors (Lipinski definition) is 0. The fourth-order valence-electron chi connectivity index (χ4n) is 1.06. The highest BCUT2D eigenvalue weighted by atomic mass is 79.9. The van der Waals surface area contributed by atoms with Crippen LogP contribution in [-0.2, 0) is 4.79 Å². The quantitative estimate of drug-likeness (QED) is 0.709. The van der Waals surface area contributed by atoms with Crippen LogP contribution in [0.2, 0.25) is 0 Å². The topological polar surface area (TPSA) is 17.1 Å². The Hall–Kier alpha value is -0.630. The zero-order chi connectivity index (χ0) is 9.14. The van der Waals surface area contributed by atoms with Gasteiger partial charge in [-0.1, -0.05) is 45.8 Å². The number of rotatable bonds is 2. The minimum Gasteiger partial charge on any atom is -0.298 e. The van der Waals surface area contributed by atoms with Gasteiger partial charge in [-0.15, -0.1) is 0 Å². The van der Waals surface area contributed by atoms with Crippen LogP contribution in [-0.4, -0.2) is 5.78 Å². The second kappa shape index (κ2) is 3.85. The summed E-state index contributed by atoms with van der Waals surface area (Å²) in [5.41, 5.74) is 2.21. The van der Waals surface area contributed by atoms with Crippen molar-refractivity contribution in [2.24, 2.45) is 0 Å². The Labute approximate surface area is 80.9 Å². The molecule has 0 N–H and O–H groups in total. The number of carbonyl (C=O) groups is 1. The van der Waals surface area contributed by atoms with Gasteiger partial charge in [-0.05, 0) is 19.4 Å². The molecule has 1 unspecified atom stereocenters. The van der Waals surface area contributed by atoms with Crippen LogP contribution in [0.5, 0.6) is 0 Å². The number of hydrogen-bond acceptors (Lipinski definition) is 1. The minimum atomic E-state index is -0.155. The van der Waals surface area contributed by atoms with Crippen LogP contribution < -0.4 is 0 Å². The van der Waals surface area contributed by atoms with Gasteiger partial charge in [-0.2, -0.15) is 0 Å². The van der Waals surface area contributed by atoms with Gasteiger partial charge >= 0.3 is 0 Å². The summed E-state index contributed by atoms with van der Waals surface area (Å²) in [4.78, 5) is 10.9. The Balaban J connectivity index is 2.95. The van der Waals surface area contributed by atoms with Crippen LogP contribution in [0.15, 0.2) is 24.3 Å². The Morgan fingerprint density at radius 3 is 2.67 bits per heavy atom. The number of Topliss-reactive ketones (excluding diaryl/α,β-unsaturated/α-hetero) is 1. The molecule has 2 heteroatoms. The maximum absolute atomic E-state index is 11.0. The molecule has 64 valence electrons. The van der Waals surface area contributed by atoms with Crippen molar-refractivity contribution in [3.8, 4) is 0 Å². The summed E-state index contributed by atoms with van der Waals surface area (Å²) in [7, 11) is 0. The summed E-state index contributed by atoms with van der Waals surface area (Å²) in [5.74, 6) is 0.139. The third-order valence-electron chi connectivity index (χ3n) is 1.69. The highest BCUT2D eigenvalue weighted by Gasteiger charge is 2.11. The normalized spacial score (nSPS) is 12.6. The van der Waals surface area contributed by atoms with E-state index in [1.165, 1.54) is 5.56 Å². The lowest BCUT2D eigenvalue weighted by Crippen LogP contribution is -2.00. The van der Waals surface area contributed by atoms with Crippen molar-refractivity contribution in [1.29, 1.82) is 0 Å². The lowest BCUT2D eigenvalue weighted by molar-refractivity contribution is -0.116. The first-order chi connectivity index (χ1) is 5.61. The van der Waals surface area contributed by atoms with E-state index in [4.69, 9.17) is 0 Å². The van der Waals surface area contributed by atoms with Gasteiger partial charge in [0, 0.05) is 0 Å². The van der Waals surface area contributed by atoms with E-state index in [2.05, 4.69) is 15.9 Å². The van der Waals surface area contributed by atoms with Crippen molar-refractivity contribution in [2.45, 2.75) is 18.7 Å². The Morgan fingerprint density at radius 1 is 1.50 bits per heavy atom. The first-order valence-electron chi connectivity index (χ1n) is 3.82. The van der Waals surface area contributed by atoms with E-state index in [0.717, 1.165) is 5.56 Å². The molecular formula is C10H11BrO. The minimum absolute atomic E-state index is 0.139. The summed E-state index contributed by atoms with van der Waals surface area (Å²) in [6.07, 6.45) is 0. The number of carbonyl (C=O) groups excluding carboxylic acids is 1. The van der Waals surface area contributed by atoms with E-state index in [0.29, 0.717) is 0 Å². The molecule has 0 spiro atoms. The first kappa shape index (κ1) is 9.46. The number of benzene rings is 1. The highest BCUT2D eigenvalue weighted by Crippen LogP contribution is 2.23. The standard InChI is InChI=1S/C10H11BrO/c1-7-4-3-5-9(6-7)10(11)8(2)12/h3-6,10H,1-2H3. The molecule has 0 bridgehead atoms. The fraction of sp³-hybridized carbons (Fsp3) is 0.300. The van der Waals surface area contributed by atoms with Crippen LogP contribution in [0, 0.1) is 6.92 Å². The number of alkyl halides is 1. The molecule has 1 atom stereocenters. The maximum Gasteiger partial charge on any atom is 0.147 e. The molecule has 0 radical (unpaired) electrons. The van der Waals surface area contributed by atoms with Crippen LogP contribution in [0.1, 0.15) is 22.9 Å². The van der Waals surface area contributed by atoms with E-state index in [1.807, 2.05) is 31.2 Å². The van der Waals surface area contributed by atoms with Gasteiger partial charge in [-0.25, -0.2) is 0 Å². The average Bonchev–Trinajstić information content (AvgIpc) is 2.03.